The molecule has 1 amide bonds. The van der Waals surface area contributed by atoms with Gasteiger partial charge in [-0.3, -0.25) is 14.6 Å². The van der Waals surface area contributed by atoms with E-state index in [4.69, 9.17) is 4.74 Å². The van der Waals surface area contributed by atoms with Gasteiger partial charge in [-0.05, 0) is 57.4 Å². The molecule has 1 N–H and O–H groups in total. The van der Waals surface area contributed by atoms with Gasteiger partial charge in [0.1, 0.15) is 11.5 Å². The molecular formula is C24H19BrN2O4. The van der Waals surface area contributed by atoms with Gasteiger partial charge in [-0.25, -0.2) is 0 Å². The Morgan fingerprint density at radius 1 is 1.10 bits per heavy atom. The molecule has 3 aromatic rings. The predicted molar refractivity (Wildman–Crippen MR) is 119 cm³/mol. The first-order valence-electron chi connectivity index (χ1n) is 9.57. The topological polar surface area (TPSA) is 79.7 Å². The van der Waals surface area contributed by atoms with Crippen molar-refractivity contribution in [1.82, 2.24) is 9.88 Å². The molecule has 0 saturated carbocycles. The van der Waals surface area contributed by atoms with Crippen LogP contribution in [0.15, 0.2) is 83.1 Å². The zero-order valence-corrected chi connectivity index (χ0v) is 18.2. The molecule has 31 heavy (non-hydrogen) atoms. The number of likely N-dealkylation sites (tertiary alicyclic amines) is 1. The number of pyridine rings is 1. The van der Waals surface area contributed by atoms with Gasteiger partial charge < -0.3 is 14.7 Å². The molecule has 1 aliphatic rings. The van der Waals surface area contributed by atoms with E-state index >= 15 is 0 Å². The number of aromatic nitrogens is 1. The minimum Gasteiger partial charge on any atom is -0.507 e. The maximum Gasteiger partial charge on any atom is 0.295 e. The molecule has 0 spiro atoms. The average Bonchev–Trinajstić information content (AvgIpc) is 3.04. The van der Waals surface area contributed by atoms with Crippen LogP contribution in [0, 0.1) is 0 Å². The first kappa shape index (κ1) is 20.8. The summed E-state index contributed by atoms with van der Waals surface area (Å²) in [4.78, 5) is 31.5. The van der Waals surface area contributed by atoms with E-state index in [-0.39, 0.29) is 17.9 Å². The largest absolute Gasteiger partial charge is 0.507 e. The minimum absolute atomic E-state index is 0.0577. The Balaban J connectivity index is 1.85. The van der Waals surface area contributed by atoms with Gasteiger partial charge in [0, 0.05) is 24.5 Å². The van der Waals surface area contributed by atoms with Gasteiger partial charge in [0.2, 0.25) is 0 Å². The number of methoxy groups -OCH3 is 1. The summed E-state index contributed by atoms with van der Waals surface area (Å²) >= 11 is 3.40. The first-order chi connectivity index (χ1) is 15.0. The monoisotopic (exact) mass is 478 g/mol. The maximum absolute atomic E-state index is 13.1. The number of carbonyl (C=O) groups excluding carboxylic acids is 2. The second kappa shape index (κ2) is 8.73. The van der Waals surface area contributed by atoms with E-state index in [9.17, 15) is 14.7 Å². The van der Waals surface area contributed by atoms with Crippen LogP contribution in [0.3, 0.4) is 0 Å². The summed E-state index contributed by atoms with van der Waals surface area (Å²) in [5, 5.41) is 11.1. The SMILES string of the molecule is COc1ccc(/C(O)=C2/C(=O)C(=O)N(Cc3ccncc3)C2c2ccccc2)cc1Br. The zero-order valence-electron chi connectivity index (χ0n) is 16.7. The number of aliphatic hydroxyl groups is 1. The number of rotatable bonds is 5. The number of Topliss-reactive ketones (excluding diaryl/α,β-unsaturated/α-hetero) is 1. The van der Waals surface area contributed by atoms with Crippen molar-refractivity contribution in [2.24, 2.45) is 0 Å². The number of aliphatic hydroxyl groups excluding tert-OH is 1. The molecule has 2 aromatic carbocycles. The summed E-state index contributed by atoms with van der Waals surface area (Å²) in [5.41, 5.74) is 2.05. The molecule has 4 rings (SSSR count). The molecule has 1 fully saturated rings. The Morgan fingerprint density at radius 3 is 2.45 bits per heavy atom. The number of hydrogen-bond donors (Lipinski definition) is 1. The van der Waals surface area contributed by atoms with Crippen LogP contribution in [0.4, 0.5) is 0 Å². The molecule has 1 aliphatic heterocycles. The Morgan fingerprint density at radius 2 is 1.81 bits per heavy atom. The fourth-order valence-electron chi connectivity index (χ4n) is 3.68. The molecule has 1 aromatic heterocycles. The Bertz CT molecular complexity index is 1160. The summed E-state index contributed by atoms with van der Waals surface area (Å²) in [6, 6.07) is 17.1. The second-order valence-corrected chi connectivity index (χ2v) is 7.90. The summed E-state index contributed by atoms with van der Waals surface area (Å²) in [7, 11) is 1.54. The lowest BCUT2D eigenvalue weighted by molar-refractivity contribution is -0.140. The third-order valence-electron chi connectivity index (χ3n) is 5.18. The number of ether oxygens (including phenoxy) is 1. The van der Waals surface area contributed by atoms with Gasteiger partial charge in [-0.2, -0.15) is 0 Å². The standard InChI is InChI=1S/C24H19BrN2O4/c1-31-19-8-7-17(13-18(19)25)22(28)20-21(16-5-3-2-4-6-16)27(24(30)23(20)29)14-15-9-11-26-12-10-15/h2-13,21,28H,14H2,1H3/b22-20-. The zero-order chi connectivity index (χ0) is 22.0. The highest BCUT2D eigenvalue weighted by molar-refractivity contribution is 9.10. The fraction of sp³-hybridized carbons (Fsp3) is 0.125. The van der Waals surface area contributed by atoms with E-state index in [2.05, 4.69) is 20.9 Å². The number of nitrogens with zero attached hydrogens (tertiary/aromatic N) is 2. The normalized spacial score (nSPS) is 17.7. The number of hydrogen-bond acceptors (Lipinski definition) is 5. The van der Waals surface area contributed by atoms with Crippen molar-refractivity contribution >= 4 is 33.4 Å². The van der Waals surface area contributed by atoms with Gasteiger partial charge in [0.15, 0.2) is 0 Å². The molecular weight excluding hydrogens is 460 g/mol. The molecule has 1 unspecified atom stereocenters. The van der Waals surface area contributed by atoms with Gasteiger partial charge in [-0.1, -0.05) is 30.3 Å². The Hall–Kier alpha value is -3.45. The third-order valence-corrected chi connectivity index (χ3v) is 5.80. The maximum atomic E-state index is 13.1. The van der Waals surface area contributed by atoms with Gasteiger partial charge >= 0.3 is 0 Å². The number of amides is 1. The van der Waals surface area contributed by atoms with E-state index in [1.807, 2.05) is 30.3 Å². The van der Waals surface area contributed by atoms with E-state index < -0.39 is 17.7 Å². The Kier molecular flexibility index (Phi) is 5.86. The number of carbonyl (C=O) groups is 2. The molecule has 0 radical (unpaired) electrons. The summed E-state index contributed by atoms with van der Waals surface area (Å²) in [6.07, 6.45) is 3.27. The molecule has 0 bridgehead atoms. The molecule has 156 valence electrons. The molecule has 1 saturated heterocycles. The van der Waals surface area contributed by atoms with Crippen molar-refractivity contribution in [3.8, 4) is 5.75 Å². The van der Waals surface area contributed by atoms with Crippen molar-refractivity contribution in [1.29, 1.82) is 0 Å². The van der Waals surface area contributed by atoms with Crippen molar-refractivity contribution in [2.45, 2.75) is 12.6 Å². The van der Waals surface area contributed by atoms with Gasteiger partial charge in [-0.15, -0.1) is 0 Å². The summed E-state index contributed by atoms with van der Waals surface area (Å²) in [5.74, 6) is -1.01. The van der Waals surface area contributed by atoms with E-state index in [1.54, 1.807) is 49.8 Å². The molecule has 2 heterocycles. The number of halogens is 1. The first-order valence-corrected chi connectivity index (χ1v) is 10.4. The number of ketones is 1. The van der Waals surface area contributed by atoms with Crippen LogP contribution >= 0.6 is 15.9 Å². The minimum atomic E-state index is -0.715. The number of benzene rings is 2. The quantitative estimate of drug-likeness (QED) is 0.332. The fourth-order valence-corrected chi connectivity index (χ4v) is 4.22. The van der Waals surface area contributed by atoms with Crippen LogP contribution in [0.5, 0.6) is 5.75 Å². The highest BCUT2D eigenvalue weighted by Gasteiger charge is 2.46. The third kappa shape index (κ3) is 3.96. The highest BCUT2D eigenvalue weighted by atomic mass is 79.9. The molecule has 0 aliphatic carbocycles. The molecule has 1 atom stereocenters. The second-order valence-electron chi connectivity index (χ2n) is 7.04. The van der Waals surface area contributed by atoms with Crippen LogP contribution in [0.25, 0.3) is 5.76 Å². The van der Waals surface area contributed by atoms with Crippen LogP contribution in [-0.2, 0) is 16.1 Å². The van der Waals surface area contributed by atoms with E-state index in [1.165, 1.54) is 4.90 Å². The van der Waals surface area contributed by atoms with Gasteiger partial charge in [0.25, 0.3) is 11.7 Å². The Labute approximate surface area is 187 Å². The lowest BCUT2D eigenvalue weighted by Gasteiger charge is -2.25. The lowest BCUT2D eigenvalue weighted by Crippen LogP contribution is -2.29. The van der Waals surface area contributed by atoms with E-state index in [0.717, 1.165) is 11.1 Å². The van der Waals surface area contributed by atoms with Crippen LogP contribution < -0.4 is 4.74 Å². The van der Waals surface area contributed by atoms with Gasteiger partial charge in [0.05, 0.1) is 23.2 Å². The average molecular weight is 479 g/mol. The lowest BCUT2D eigenvalue weighted by atomic mass is 9.95. The molecule has 6 nitrogen and oxygen atoms in total. The van der Waals surface area contributed by atoms with Crippen LogP contribution in [-0.4, -0.2) is 33.8 Å². The van der Waals surface area contributed by atoms with Crippen molar-refractivity contribution in [2.75, 3.05) is 7.11 Å². The van der Waals surface area contributed by atoms with Crippen molar-refractivity contribution < 1.29 is 19.4 Å². The van der Waals surface area contributed by atoms with Crippen LogP contribution in [0.1, 0.15) is 22.7 Å². The van der Waals surface area contributed by atoms with Crippen LogP contribution in [0.2, 0.25) is 0 Å². The van der Waals surface area contributed by atoms with Crippen molar-refractivity contribution in [3.05, 3.63) is 99.8 Å². The smallest absolute Gasteiger partial charge is 0.295 e. The van der Waals surface area contributed by atoms with Crippen molar-refractivity contribution in [3.63, 3.8) is 0 Å². The predicted octanol–water partition coefficient (Wildman–Crippen LogP) is 4.47. The highest BCUT2D eigenvalue weighted by Crippen LogP contribution is 2.41. The summed E-state index contributed by atoms with van der Waals surface area (Å²) < 4.78 is 5.86. The summed E-state index contributed by atoms with van der Waals surface area (Å²) in [6.45, 7) is 0.218. The van der Waals surface area contributed by atoms with E-state index in [0.29, 0.717) is 15.8 Å². The molecule has 7 heteroatoms.